The molecule has 114 valence electrons. The van der Waals surface area contributed by atoms with E-state index in [-0.39, 0.29) is 0 Å². The highest BCUT2D eigenvalue weighted by molar-refractivity contribution is 7.80. The third-order valence-corrected chi connectivity index (χ3v) is 5.31. The molecule has 21 heavy (non-hydrogen) atoms. The van der Waals surface area contributed by atoms with Crippen molar-refractivity contribution in [2.24, 2.45) is 11.8 Å². The van der Waals surface area contributed by atoms with Gasteiger partial charge in [-0.15, -0.1) is 0 Å². The highest BCUT2D eigenvalue weighted by Gasteiger charge is 2.38. The van der Waals surface area contributed by atoms with E-state index in [0.29, 0.717) is 6.04 Å². The van der Waals surface area contributed by atoms with E-state index in [2.05, 4.69) is 22.5 Å². The number of hydrogen-bond donors (Lipinski definition) is 2. The highest BCUT2D eigenvalue weighted by atomic mass is 32.1. The van der Waals surface area contributed by atoms with E-state index < -0.39 is 0 Å². The summed E-state index contributed by atoms with van der Waals surface area (Å²) in [6.45, 7) is 5.85. The normalized spacial score (nSPS) is 30.9. The maximum absolute atomic E-state index is 5.40. The second kappa shape index (κ2) is 6.75. The van der Waals surface area contributed by atoms with Crippen molar-refractivity contribution in [3.63, 3.8) is 0 Å². The zero-order chi connectivity index (χ0) is 14.7. The molecule has 3 saturated heterocycles. The Bertz CT molecular complexity index is 476. The summed E-state index contributed by atoms with van der Waals surface area (Å²) >= 11 is 5.40. The zero-order valence-corrected chi connectivity index (χ0v) is 13.5. The Morgan fingerprint density at radius 3 is 2.81 bits per heavy atom. The van der Waals surface area contributed by atoms with Crippen LogP contribution in [0, 0.1) is 11.8 Å². The van der Waals surface area contributed by atoms with Crippen LogP contribution in [0.1, 0.15) is 26.2 Å². The summed E-state index contributed by atoms with van der Waals surface area (Å²) < 4.78 is 0. The lowest BCUT2D eigenvalue weighted by Crippen LogP contribution is -2.56. The Labute approximate surface area is 133 Å². The third kappa shape index (κ3) is 3.55. The van der Waals surface area contributed by atoms with Gasteiger partial charge in [0.25, 0.3) is 0 Å². The highest BCUT2D eigenvalue weighted by Crippen LogP contribution is 2.37. The molecule has 4 heteroatoms. The minimum absolute atomic E-state index is 0.655. The van der Waals surface area contributed by atoms with Gasteiger partial charge in [0.05, 0.1) is 0 Å². The van der Waals surface area contributed by atoms with Crippen LogP contribution in [-0.4, -0.2) is 35.7 Å². The molecule has 3 heterocycles. The fourth-order valence-electron chi connectivity index (χ4n) is 3.83. The van der Waals surface area contributed by atoms with Crippen molar-refractivity contribution in [1.29, 1.82) is 0 Å². The molecule has 0 saturated carbocycles. The topological polar surface area (TPSA) is 27.3 Å². The summed E-state index contributed by atoms with van der Waals surface area (Å²) in [6, 6.07) is 10.8. The molecular weight excluding hydrogens is 278 g/mol. The van der Waals surface area contributed by atoms with E-state index in [9.17, 15) is 0 Å². The van der Waals surface area contributed by atoms with Crippen LogP contribution in [0.2, 0.25) is 0 Å². The van der Waals surface area contributed by atoms with Crippen LogP contribution in [0.4, 0.5) is 5.69 Å². The number of anilines is 1. The summed E-state index contributed by atoms with van der Waals surface area (Å²) in [4.78, 5) is 2.66. The molecule has 1 aromatic carbocycles. The predicted molar refractivity (Wildman–Crippen MR) is 92.5 cm³/mol. The van der Waals surface area contributed by atoms with Crippen LogP contribution < -0.4 is 10.6 Å². The average Bonchev–Trinajstić information content (AvgIpc) is 2.54. The van der Waals surface area contributed by atoms with Crippen LogP contribution in [0.15, 0.2) is 30.3 Å². The quantitative estimate of drug-likeness (QED) is 0.836. The fraction of sp³-hybridized carbons (Fsp3) is 0.588. The molecule has 2 N–H and O–H groups in total. The second-order valence-corrected chi connectivity index (χ2v) is 6.71. The smallest absolute Gasteiger partial charge is 0.170 e. The summed E-state index contributed by atoms with van der Waals surface area (Å²) in [7, 11) is 0. The standard InChI is InChI=1S/C17H25N3S/c1-2-13-12-20-9-8-14(13)10-16(20)11-18-17(21)19-15-6-4-3-5-7-15/h3-7,13-14,16H,2,8-12H2,1H3,(H2,18,19,21). The van der Waals surface area contributed by atoms with Crippen molar-refractivity contribution in [2.75, 3.05) is 25.0 Å². The van der Waals surface area contributed by atoms with Crippen molar-refractivity contribution in [3.05, 3.63) is 30.3 Å². The molecule has 4 rings (SSSR count). The Morgan fingerprint density at radius 2 is 2.14 bits per heavy atom. The van der Waals surface area contributed by atoms with E-state index in [4.69, 9.17) is 12.2 Å². The Hall–Kier alpha value is -1.13. The van der Waals surface area contributed by atoms with Gasteiger partial charge in [-0.05, 0) is 55.6 Å². The van der Waals surface area contributed by atoms with Crippen molar-refractivity contribution < 1.29 is 0 Å². The first-order valence-electron chi connectivity index (χ1n) is 8.10. The molecule has 1 aromatic rings. The molecule has 0 aromatic heterocycles. The van der Waals surface area contributed by atoms with Gasteiger partial charge in [-0.1, -0.05) is 31.5 Å². The largest absolute Gasteiger partial charge is 0.361 e. The van der Waals surface area contributed by atoms with Crippen molar-refractivity contribution in [3.8, 4) is 0 Å². The molecule has 0 radical (unpaired) electrons. The monoisotopic (exact) mass is 303 g/mol. The molecule has 3 fully saturated rings. The van der Waals surface area contributed by atoms with Crippen LogP contribution in [0.5, 0.6) is 0 Å². The van der Waals surface area contributed by atoms with Gasteiger partial charge in [0.15, 0.2) is 5.11 Å². The first-order chi connectivity index (χ1) is 10.3. The van der Waals surface area contributed by atoms with E-state index in [1.54, 1.807) is 0 Å². The molecule has 2 bridgehead atoms. The Morgan fingerprint density at radius 1 is 1.33 bits per heavy atom. The molecule has 4 atom stereocenters. The molecule has 0 amide bonds. The van der Waals surface area contributed by atoms with E-state index in [1.807, 2.05) is 30.3 Å². The van der Waals surface area contributed by atoms with Crippen LogP contribution in [0.3, 0.4) is 0 Å². The number of rotatable bonds is 4. The molecule has 4 unspecified atom stereocenters. The van der Waals surface area contributed by atoms with Gasteiger partial charge in [-0.3, -0.25) is 4.90 Å². The van der Waals surface area contributed by atoms with Gasteiger partial charge in [0.1, 0.15) is 0 Å². The summed E-state index contributed by atoms with van der Waals surface area (Å²) in [5.41, 5.74) is 1.05. The molecule has 0 aliphatic carbocycles. The third-order valence-electron chi connectivity index (χ3n) is 5.07. The second-order valence-electron chi connectivity index (χ2n) is 6.30. The Balaban J connectivity index is 1.47. The number of nitrogens with zero attached hydrogens (tertiary/aromatic N) is 1. The SMILES string of the molecule is CCC1CN2CCC1CC2CNC(=S)Nc1ccccc1. The van der Waals surface area contributed by atoms with Crippen molar-refractivity contribution >= 4 is 23.0 Å². The number of thiocarbonyl (C=S) groups is 1. The number of benzene rings is 1. The summed E-state index contributed by atoms with van der Waals surface area (Å²) in [5, 5.41) is 7.38. The first-order valence-corrected chi connectivity index (χ1v) is 8.51. The lowest BCUT2D eigenvalue weighted by molar-refractivity contribution is 0.00212. The van der Waals surface area contributed by atoms with Crippen LogP contribution >= 0.6 is 12.2 Å². The lowest BCUT2D eigenvalue weighted by atomic mass is 9.74. The zero-order valence-electron chi connectivity index (χ0n) is 12.7. The maximum atomic E-state index is 5.40. The number of fused-ring (bicyclic) bond motifs is 3. The first kappa shape index (κ1) is 14.8. The van der Waals surface area contributed by atoms with Gasteiger partial charge in [0, 0.05) is 24.8 Å². The molecule has 3 aliphatic heterocycles. The molecular formula is C17H25N3S. The summed E-state index contributed by atoms with van der Waals surface area (Å²) in [6.07, 6.45) is 4.05. The van der Waals surface area contributed by atoms with E-state index in [0.717, 1.165) is 29.2 Å². The molecule has 3 aliphatic rings. The lowest BCUT2D eigenvalue weighted by Gasteiger charge is -2.50. The van der Waals surface area contributed by atoms with Crippen molar-refractivity contribution in [2.45, 2.75) is 32.2 Å². The van der Waals surface area contributed by atoms with Gasteiger partial charge in [-0.25, -0.2) is 0 Å². The fourth-order valence-corrected chi connectivity index (χ4v) is 4.03. The number of piperidine rings is 3. The number of hydrogen-bond acceptors (Lipinski definition) is 2. The molecule has 3 nitrogen and oxygen atoms in total. The molecule has 0 spiro atoms. The predicted octanol–water partition coefficient (Wildman–Crippen LogP) is 3.09. The maximum Gasteiger partial charge on any atom is 0.170 e. The van der Waals surface area contributed by atoms with Gasteiger partial charge < -0.3 is 10.6 Å². The van der Waals surface area contributed by atoms with E-state index in [1.165, 1.54) is 32.4 Å². The van der Waals surface area contributed by atoms with Gasteiger partial charge in [-0.2, -0.15) is 0 Å². The van der Waals surface area contributed by atoms with Gasteiger partial charge >= 0.3 is 0 Å². The van der Waals surface area contributed by atoms with Gasteiger partial charge in [0.2, 0.25) is 0 Å². The Kier molecular flexibility index (Phi) is 4.76. The minimum atomic E-state index is 0.655. The average molecular weight is 303 g/mol. The minimum Gasteiger partial charge on any atom is -0.361 e. The van der Waals surface area contributed by atoms with Crippen LogP contribution in [-0.2, 0) is 0 Å². The summed E-state index contributed by atoms with van der Waals surface area (Å²) in [5.74, 6) is 1.85. The van der Waals surface area contributed by atoms with Crippen molar-refractivity contribution in [1.82, 2.24) is 10.2 Å². The van der Waals surface area contributed by atoms with Crippen LogP contribution in [0.25, 0.3) is 0 Å². The number of para-hydroxylation sites is 1. The number of nitrogens with one attached hydrogen (secondary N) is 2. The van der Waals surface area contributed by atoms with E-state index >= 15 is 0 Å².